The smallest absolute Gasteiger partial charge is 0.191 e. The summed E-state index contributed by atoms with van der Waals surface area (Å²) in [5, 5.41) is 13.8. The predicted molar refractivity (Wildman–Crippen MR) is 113 cm³/mol. The molecule has 1 aromatic heterocycles. The van der Waals surface area contributed by atoms with Crippen molar-refractivity contribution >= 4 is 5.96 Å². The van der Waals surface area contributed by atoms with Crippen LogP contribution in [0.15, 0.2) is 41.5 Å². The summed E-state index contributed by atoms with van der Waals surface area (Å²) in [6.45, 7) is 6.57. The number of nitrogens with one attached hydrogen (secondary N) is 3. The first-order valence-electron chi connectivity index (χ1n) is 10.2. The Kier molecular flexibility index (Phi) is 7.72. The molecule has 152 valence electrons. The van der Waals surface area contributed by atoms with E-state index in [-0.39, 0.29) is 0 Å². The summed E-state index contributed by atoms with van der Waals surface area (Å²) in [7, 11) is 1.71. The molecule has 1 unspecified atom stereocenters. The second-order valence-electron chi connectivity index (χ2n) is 7.04. The SMILES string of the molecule is CCNC(=NCc1ccn[nH]1)NCC(c1ccc(OC)cc1)N1CCCCC1. The van der Waals surface area contributed by atoms with E-state index in [4.69, 9.17) is 4.74 Å². The van der Waals surface area contributed by atoms with Gasteiger partial charge in [0.15, 0.2) is 5.96 Å². The van der Waals surface area contributed by atoms with Crippen LogP contribution >= 0.6 is 0 Å². The second kappa shape index (κ2) is 10.7. The highest BCUT2D eigenvalue weighted by molar-refractivity contribution is 5.79. The number of ether oxygens (including phenoxy) is 1. The fraction of sp³-hybridized carbons (Fsp3) is 0.524. The number of hydrogen-bond acceptors (Lipinski definition) is 4. The minimum atomic E-state index is 0.308. The van der Waals surface area contributed by atoms with Crippen molar-refractivity contribution in [3.05, 3.63) is 47.8 Å². The molecule has 1 atom stereocenters. The third-order valence-electron chi connectivity index (χ3n) is 5.11. The first kappa shape index (κ1) is 20.2. The molecule has 1 fully saturated rings. The maximum atomic E-state index is 5.33. The van der Waals surface area contributed by atoms with Gasteiger partial charge < -0.3 is 15.4 Å². The van der Waals surface area contributed by atoms with Crippen LogP contribution < -0.4 is 15.4 Å². The number of piperidine rings is 1. The van der Waals surface area contributed by atoms with E-state index in [2.05, 4.69) is 49.8 Å². The van der Waals surface area contributed by atoms with Crippen LogP contribution in [0.2, 0.25) is 0 Å². The Labute approximate surface area is 167 Å². The Bertz CT molecular complexity index is 707. The van der Waals surface area contributed by atoms with Gasteiger partial charge in [0.25, 0.3) is 0 Å². The zero-order valence-corrected chi connectivity index (χ0v) is 16.9. The van der Waals surface area contributed by atoms with Crippen LogP contribution in [-0.2, 0) is 6.54 Å². The Balaban J connectivity index is 1.70. The van der Waals surface area contributed by atoms with E-state index in [0.717, 1.165) is 43.6 Å². The predicted octanol–water partition coefficient (Wildman–Crippen LogP) is 2.70. The molecule has 1 aliphatic heterocycles. The molecule has 0 spiro atoms. The Morgan fingerprint density at radius 1 is 1.18 bits per heavy atom. The van der Waals surface area contributed by atoms with Crippen LogP contribution in [0.5, 0.6) is 5.75 Å². The van der Waals surface area contributed by atoms with Gasteiger partial charge in [-0.2, -0.15) is 5.10 Å². The third kappa shape index (κ3) is 5.73. The molecule has 2 aromatic rings. The van der Waals surface area contributed by atoms with Gasteiger partial charge in [-0.3, -0.25) is 10.00 Å². The number of likely N-dealkylation sites (tertiary alicyclic amines) is 1. The lowest BCUT2D eigenvalue weighted by atomic mass is 10.0. The van der Waals surface area contributed by atoms with Crippen molar-refractivity contribution in [2.24, 2.45) is 4.99 Å². The number of guanidine groups is 1. The Hall–Kier alpha value is -2.54. The van der Waals surface area contributed by atoms with Gasteiger partial charge in [0.1, 0.15) is 5.75 Å². The summed E-state index contributed by atoms with van der Waals surface area (Å²) >= 11 is 0. The molecule has 0 radical (unpaired) electrons. The van der Waals surface area contributed by atoms with Gasteiger partial charge in [0.2, 0.25) is 0 Å². The zero-order valence-electron chi connectivity index (χ0n) is 16.9. The molecule has 1 aliphatic rings. The first-order valence-corrected chi connectivity index (χ1v) is 10.2. The molecule has 28 heavy (non-hydrogen) atoms. The minimum absolute atomic E-state index is 0.308. The largest absolute Gasteiger partial charge is 0.497 e. The third-order valence-corrected chi connectivity index (χ3v) is 5.11. The fourth-order valence-electron chi connectivity index (χ4n) is 3.59. The molecule has 0 aliphatic carbocycles. The number of H-pyrrole nitrogens is 1. The van der Waals surface area contributed by atoms with Gasteiger partial charge in [0, 0.05) is 19.3 Å². The summed E-state index contributed by atoms with van der Waals surface area (Å²) < 4.78 is 5.33. The van der Waals surface area contributed by atoms with Crippen molar-refractivity contribution in [2.75, 3.05) is 33.3 Å². The van der Waals surface area contributed by atoms with Gasteiger partial charge >= 0.3 is 0 Å². The highest BCUT2D eigenvalue weighted by atomic mass is 16.5. The van der Waals surface area contributed by atoms with E-state index in [1.165, 1.54) is 24.8 Å². The number of benzene rings is 1. The van der Waals surface area contributed by atoms with Crippen molar-refractivity contribution in [1.29, 1.82) is 0 Å². The molecule has 3 rings (SSSR count). The topological polar surface area (TPSA) is 77.6 Å². The molecule has 0 saturated carbocycles. The maximum Gasteiger partial charge on any atom is 0.191 e. The highest BCUT2D eigenvalue weighted by Gasteiger charge is 2.22. The second-order valence-corrected chi connectivity index (χ2v) is 7.04. The van der Waals surface area contributed by atoms with Crippen molar-refractivity contribution < 1.29 is 4.74 Å². The van der Waals surface area contributed by atoms with Crippen LogP contribution in [0, 0.1) is 0 Å². The van der Waals surface area contributed by atoms with E-state index in [0.29, 0.717) is 12.6 Å². The molecular formula is C21H32N6O. The fourth-order valence-corrected chi connectivity index (χ4v) is 3.59. The Morgan fingerprint density at radius 3 is 2.61 bits per heavy atom. The first-order chi connectivity index (χ1) is 13.8. The molecule has 3 N–H and O–H groups in total. The van der Waals surface area contributed by atoms with Crippen molar-refractivity contribution in [2.45, 2.75) is 38.8 Å². The summed E-state index contributed by atoms with van der Waals surface area (Å²) in [6, 6.07) is 10.7. The molecule has 7 heteroatoms. The van der Waals surface area contributed by atoms with E-state index in [9.17, 15) is 0 Å². The van der Waals surface area contributed by atoms with Crippen molar-refractivity contribution in [3.63, 3.8) is 0 Å². The van der Waals surface area contributed by atoms with E-state index in [1.54, 1.807) is 13.3 Å². The van der Waals surface area contributed by atoms with Crippen LogP contribution in [0.3, 0.4) is 0 Å². The van der Waals surface area contributed by atoms with Crippen LogP contribution in [0.1, 0.15) is 43.5 Å². The summed E-state index contributed by atoms with van der Waals surface area (Å²) in [5.74, 6) is 1.72. The monoisotopic (exact) mass is 384 g/mol. The number of nitrogens with zero attached hydrogens (tertiary/aromatic N) is 3. The number of aromatic amines is 1. The number of hydrogen-bond donors (Lipinski definition) is 3. The lowest BCUT2D eigenvalue weighted by Crippen LogP contribution is -2.44. The number of methoxy groups -OCH3 is 1. The van der Waals surface area contributed by atoms with Gasteiger partial charge in [-0.1, -0.05) is 18.6 Å². The molecule has 0 amide bonds. The lowest BCUT2D eigenvalue weighted by Gasteiger charge is -2.35. The van der Waals surface area contributed by atoms with Gasteiger partial charge in [-0.15, -0.1) is 0 Å². The molecule has 1 aromatic carbocycles. The van der Waals surface area contributed by atoms with Crippen LogP contribution in [0.25, 0.3) is 0 Å². The molecule has 2 heterocycles. The number of aromatic nitrogens is 2. The summed E-state index contributed by atoms with van der Waals surface area (Å²) in [5.41, 5.74) is 2.31. The average Bonchev–Trinajstić information content (AvgIpc) is 3.27. The summed E-state index contributed by atoms with van der Waals surface area (Å²) in [6.07, 6.45) is 5.61. The Morgan fingerprint density at radius 2 is 1.96 bits per heavy atom. The van der Waals surface area contributed by atoms with E-state index >= 15 is 0 Å². The van der Waals surface area contributed by atoms with Gasteiger partial charge in [-0.05, 0) is 56.6 Å². The van der Waals surface area contributed by atoms with Gasteiger partial charge in [-0.25, -0.2) is 4.99 Å². The molecule has 1 saturated heterocycles. The molecule has 7 nitrogen and oxygen atoms in total. The van der Waals surface area contributed by atoms with Gasteiger partial charge in [0.05, 0.1) is 25.4 Å². The lowest BCUT2D eigenvalue weighted by molar-refractivity contribution is 0.164. The maximum absolute atomic E-state index is 5.33. The molecular weight excluding hydrogens is 352 g/mol. The summed E-state index contributed by atoms with van der Waals surface area (Å²) in [4.78, 5) is 7.26. The standard InChI is InChI=1S/C21H32N6O/c1-3-22-21(23-15-18-11-12-25-26-18)24-16-20(27-13-5-4-6-14-27)17-7-9-19(28-2)10-8-17/h7-12,20H,3-6,13-16H2,1-2H3,(H,25,26)(H2,22,23,24). The van der Waals surface area contributed by atoms with E-state index < -0.39 is 0 Å². The van der Waals surface area contributed by atoms with Crippen LogP contribution in [-0.4, -0.2) is 54.3 Å². The molecule has 0 bridgehead atoms. The van der Waals surface area contributed by atoms with Crippen molar-refractivity contribution in [1.82, 2.24) is 25.7 Å². The average molecular weight is 385 g/mol. The van der Waals surface area contributed by atoms with Crippen LogP contribution in [0.4, 0.5) is 0 Å². The van der Waals surface area contributed by atoms with Crippen molar-refractivity contribution in [3.8, 4) is 5.75 Å². The highest BCUT2D eigenvalue weighted by Crippen LogP contribution is 2.25. The number of rotatable bonds is 8. The quantitative estimate of drug-likeness (QED) is 0.482. The normalized spacial score (nSPS) is 16.6. The number of aliphatic imine (C=N–C) groups is 1. The zero-order chi connectivity index (χ0) is 19.6. The van der Waals surface area contributed by atoms with E-state index in [1.807, 2.05) is 18.2 Å². The minimum Gasteiger partial charge on any atom is -0.497 e.